The van der Waals surface area contributed by atoms with E-state index in [1.165, 1.54) is 6.92 Å². The molecule has 3 aromatic carbocycles. The van der Waals surface area contributed by atoms with Gasteiger partial charge in [0.2, 0.25) is 5.91 Å². The van der Waals surface area contributed by atoms with E-state index in [1.54, 1.807) is 30.3 Å². The van der Waals surface area contributed by atoms with Crippen LogP contribution in [0.15, 0.2) is 78.9 Å². The third-order valence-corrected chi connectivity index (χ3v) is 7.59. The van der Waals surface area contributed by atoms with E-state index in [4.69, 9.17) is 11.6 Å². The molecule has 4 atom stereocenters. The maximum atomic E-state index is 14.2. The van der Waals surface area contributed by atoms with Gasteiger partial charge in [0.15, 0.2) is 11.6 Å². The smallest absolute Gasteiger partial charge is 0.238 e. The summed E-state index contributed by atoms with van der Waals surface area (Å²) >= 11 is 6.25. The summed E-state index contributed by atoms with van der Waals surface area (Å²) < 4.78 is 0. The predicted molar refractivity (Wildman–Crippen MR) is 132 cm³/mol. The molecule has 6 heteroatoms. The third-order valence-electron chi connectivity index (χ3n) is 7.35. The van der Waals surface area contributed by atoms with Crippen molar-refractivity contribution in [2.24, 2.45) is 5.92 Å². The van der Waals surface area contributed by atoms with Crippen LogP contribution in [-0.4, -0.2) is 29.6 Å². The van der Waals surface area contributed by atoms with Crippen LogP contribution in [0.2, 0.25) is 5.02 Å². The quantitative estimate of drug-likeness (QED) is 0.555. The van der Waals surface area contributed by atoms with Crippen LogP contribution in [0.25, 0.3) is 6.08 Å². The Kier molecular flexibility index (Phi) is 4.55. The Labute approximate surface area is 202 Å². The molecule has 3 aliphatic rings. The van der Waals surface area contributed by atoms with Gasteiger partial charge in [-0.25, -0.2) is 0 Å². The zero-order chi connectivity index (χ0) is 23.6. The highest BCUT2D eigenvalue weighted by molar-refractivity contribution is 6.31. The van der Waals surface area contributed by atoms with E-state index < -0.39 is 23.4 Å². The van der Waals surface area contributed by atoms with Gasteiger partial charge in [0.05, 0.1) is 18.0 Å². The fourth-order valence-electron chi connectivity index (χ4n) is 6.09. The van der Waals surface area contributed by atoms with Crippen molar-refractivity contribution in [3.05, 3.63) is 101 Å². The number of carbonyl (C=O) groups excluding carboxylic acids is 3. The standard InChI is InChI=1S/C28H21ClN2O3/c1-16(32)25-24(26(33)17-7-3-2-4-8-17)28(20-9-5-6-10-21(20)30-27(28)34)23-14-11-18-15-19(29)12-13-22(18)31(23)25/h2-15,23-25H,1H3,(H,30,34)/t23-,24-,25-,28-/m1/s1. The monoisotopic (exact) mass is 468 g/mol. The molecule has 3 heterocycles. The number of halogens is 1. The minimum atomic E-state index is -1.26. The average Bonchev–Trinajstić information content (AvgIpc) is 3.32. The summed E-state index contributed by atoms with van der Waals surface area (Å²) in [5.74, 6) is -1.55. The van der Waals surface area contributed by atoms with Gasteiger partial charge in [0.25, 0.3) is 0 Å². The number of nitrogens with one attached hydrogen (secondary N) is 1. The Morgan fingerprint density at radius 3 is 2.50 bits per heavy atom. The van der Waals surface area contributed by atoms with Gasteiger partial charge in [-0.05, 0) is 42.3 Å². The molecule has 168 valence electrons. The number of amides is 1. The van der Waals surface area contributed by atoms with E-state index in [2.05, 4.69) is 5.32 Å². The number of hydrogen-bond donors (Lipinski definition) is 1. The largest absolute Gasteiger partial charge is 0.352 e. The van der Waals surface area contributed by atoms with Gasteiger partial charge in [-0.3, -0.25) is 14.4 Å². The van der Waals surface area contributed by atoms with E-state index in [0.717, 1.165) is 16.8 Å². The number of anilines is 2. The van der Waals surface area contributed by atoms with E-state index in [9.17, 15) is 14.4 Å². The molecule has 0 saturated carbocycles. The summed E-state index contributed by atoms with van der Waals surface area (Å²) in [6.07, 6.45) is 3.87. The molecule has 6 rings (SSSR count). The summed E-state index contributed by atoms with van der Waals surface area (Å²) in [6.45, 7) is 1.50. The van der Waals surface area contributed by atoms with Crippen LogP contribution in [0.4, 0.5) is 11.4 Å². The number of rotatable bonds is 3. The molecular formula is C28H21ClN2O3. The van der Waals surface area contributed by atoms with Gasteiger partial charge in [0.1, 0.15) is 5.41 Å². The van der Waals surface area contributed by atoms with Crippen molar-refractivity contribution in [3.8, 4) is 0 Å². The molecular weight excluding hydrogens is 448 g/mol. The summed E-state index contributed by atoms with van der Waals surface area (Å²) in [6, 6.07) is 20.5. The lowest BCUT2D eigenvalue weighted by Crippen LogP contribution is -2.51. The molecule has 1 saturated heterocycles. The summed E-state index contributed by atoms with van der Waals surface area (Å²) in [7, 11) is 0. The Morgan fingerprint density at radius 2 is 1.74 bits per heavy atom. The van der Waals surface area contributed by atoms with Crippen LogP contribution in [0, 0.1) is 5.92 Å². The van der Waals surface area contributed by atoms with E-state index in [-0.39, 0.29) is 17.5 Å². The fraction of sp³-hybridized carbons (Fsp3) is 0.179. The second kappa shape index (κ2) is 7.40. The highest BCUT2D eigenvalue weighted by Gasteiger charge is 2.69. The molecule has 0 unspecified atom stereocenters. The molecule has 3 aliphatic heterocycles. The van der Waals surface area contributed by atoms with Gasteiger partial charge >= 0.3 is 0 Å². The Morgan fingerprint density at radius 1 is 1.00 bits per heavy atom. The lowest BCUT2D eigenvalue weighted by Gasteiger charge is -2.37. The van der Waals surface area contributed by atoms with Crippen molar-refractivity contribution in [2.45, 2.75) is 24.4 Å². The number of Topliss-reactive ketones (excluding diaryl/α,β-unsaturated/α-hetero) is 2. The van der Waals surface area contributed by atoms with Crippen LogP contribution in [0.5, 0.6) is 0 Å². The maximum absolute atomic E-state index is 14.2. The number of nitrogens with zero attached hydrogens (tertiary/aromatic N) is 1. The third kappa shape index (κ3) is 2.64. The first-order chi connectivity index (χ1) is 16.4. The predicted octanol–water partition coefficient (Wildman–Crippen LogP) is 4.90. The number of fused-ring (bicyclic) bond motifs is 6. The van der Waals surface area contributed by atoms with Crippen molar-refractivity contribution in [2.75, 3.05) is 10.2 Å². The molecule has 1 amide bonds. The molecule has 1 spiro atoms. The molecule has 5 nitrogen and oxygen atoms in total. The van der Waals surface area contributed by atoms with Gasteiger partial charge in [-0.2, -0.15) is 0 Å². The van der Waals surface area contributed by atoms with Crippen LogP contribution in [-0.2, 0) is 15.0 Å². The second-order valence-corrected chi connectivity index (χ2v) is 9.48. The number of para-hydroxylation sites is 1. The number of hydrogen-bond acceptors (Lipinski definition) is 4. The Balaban J connectivity index is 1.67. The van der Waals surface area contributed by atoms with Crippen LogP contribution in [0.1, 0.15) is 28.4 Å². The Bertz CT molecular complexity index is 1400. The second-order valence-electron chi connectivity index (χ2n) is 9.05. The fourth-order valence-corrected chi connectivity index (χ4v) is 6.27. The van der Waals surface area contributed by atoms with Gasteiger partial charge in [-0.1, -0.05) is 72.3 Å². The van der Waals surface area contributed by atoms with Gasteiger partial charge in [-0.15, -0.1) is 0 Å². The minimum absolute atomic E-state index is 0.162. The van der Waals surface area contributed by atoms with Crippen LogP contribution < -0.4 is 10.2 Å². The number of benzene rings is 3. The average molecular weight is 469 g/mol. The molecule has 0 aliphatic carbocycles. The summed E-state index contributed by atoms with van der Waals surface area (Å²) in [5, 5.41) is 3.59. The van der Waals surface area contributed by atoms with Crippen LogP contribution >= 0.6 is 11.6 Å². The molecule has 34 heavy (non-hydrogen) atoms. The molecule has 1 N–H and O–H groups in total. The van der Waals surface area contributed by atoms with Crippen molar-refractivity contribution >= 4 is 46.5 Å². The van der Waals surface area contributed by atoms with Crippen LogP contribution in [0.3, 0.4) is 0 Å². The first-order valence-electron chi connectivity index (χ1n) is 11.2. The highest BCUT2D eigenvalue weighted by atomic mass is 35.5. The first-order valence-corrected chi connectivity index (χ1v) is 11.6. The van der Waals surface area contributed by atoms with Gasteiger partial charge < -0.3 is 10.2 Å². The maximum Gasteiger partial charge on any atom is 0.238 e. The van der Waals surface area contributed by atoms with Crippen molar-refractivity contribution in [1.82, 2.24) is 0 Å². The normalized spacial score (nSPS) is 26.1. The molecule has 0 bridgehead atoms. The topological polar surface area (TPSA) is 66.5 Å². The molecule has 0 radical (unpaired) electrons. The summed E-state index contributed by atoms with van der Waals surface area (Å²) in [4.78, 5) is 43.4. The highest BCUT2D eigenvalue weighted by Crippen LogP contribution is 2.57. The van der Waals surface area contributed by atoms with E-state index in [0.29, 0.717) is 16.3 Å². The zero-order valence-electron chi connectivity index (χ0n) is 18.4. The first kappa shape index (κ1) is 20.9. The lowest BCUT2D eigenvalue weighted by atomic mass is 9.64. The number of carbonyl (C=O) groups is 3. The lowest BCUT2D eigenvalue weighted by molar-refractivity contribution is -0.122. The molecule has 3 aromatic rings. The minimum Gasteiger partial charge on any atom is -0.352 e. The van der Waals surface area contributed by atoms with E-state index >= 15 is 0 Å². The summed E-state index contributed by atoms with van der Waals surface area (Å²) in [5.41, 5.74) is 2.29. The number of ketones is 2. The van der Waals surface area contributed by atoms with Crippen molar-refractivity contribution < 1.29 is 14.4 Å². The SMILES string of the molecule is CC(=O)[C@@H]1[C@H](C(=O)c2ccccc2)[C@]2(C(=O)Nc3ccccc32)[C@H]2C=Cc3cc(Cl)ccc3N12. The Hall–Kier alpha value is -3.70. The molecule has 0 aromatic heterocycles. The zero-order valence-corrected chi connectivity index (χ0v) is 19.1. The molecule has 1 fully saturated rings. The van der Waals surface area contributed by atoms with Gasteiger partial charge in [0, 0.05) is 22.0 Å². The van der Waals surface area contributed by atoms with E-state index in [1.807, 2.05) is 59.5 Å². The van der Waals surface area contributed by atoms with Crippen molar-refractivity contribution in [1.29, 1.82) is 0 Å². The van der Waals surface area contributed by atoms with Crippen molar-refractivity contribution in [3.63, 3.8) is 0 Å².